The van der Waals surface area contributed by atoms with Crippen LogP contribution in [0.4, 0.5) is 4.39 Å². The third kappa shape index (κ3) is 9.02. The fourth-order valence-corrected chi connectivity index (χ4v) is 9.89. The summed E-state index contributed by atoms with van der Waals surface area (Å²) in [5.74, 6) is -0.160. The summed E-state index contributed by atoms with van der Waals surface area (Å²) >= 11 is 6.44. The van der Waals surface area contributed by atoms with Crippen molar-refractivity contribution in [1.82, 2.24) is 4.90 Å². The third-order valence-corrected chi connectivity index (χ3v) is 13.6. The normalized spacial score (nSPS) is 21.8. The standard InChI is InChI=1S/C51H55ClFNO6/c1-33-10-9-24-50(2)43(40-21-18-34(26-38(55)20-17-33)27-41(40)46(56)30-42-44(52)15-8-16-45(42)53)23-25-51(50,58)32-54(31-37-13-7-12-36-11-5-6-14-39(36)37)49(57)29-35-19-22-47(59-3)48(28-35)60-4/h5-8,10-16,18-19,21-22,27-28,38,43,55,58H,9,17,20,23-26,29-32H2,1-4H3. The average Bonchev–Trinajstić information content (AvgIpc) is 3.49. The number of aliphatic hydroxyl groups is 2. The maximum Gasteiger partial charge on any atom is 0.227 e. The van der Waals surface area contributed by atoms with Crippen molar-refractivity contribution >= 4 is 34.1 Å². The van der Waals surface area contributed by atoms with Gasteiger partial charge in [-0.3, -0.25) is 9.59 Å². The molecule has 1 amide bonds. The molecule has 2 bridgehead atoms. The number of amides is 1. The second-order valence-corrected chi connectivity index (χ2v) is 17.4. The fourth-order valence-electron chi connectivity index (χ4n) is 9.66. The molecule has 9 heteroatoms. The maximum atomic E-state index is 15.1. The number of halogens is 2. The summed E-state index contributed by atoms with van der Waals surface area (Å²) in [6.45, 7) is 4.53. The summed E-state index contributed by atoms with van der Waals surface area (Å²) in [5.41, 5.74) is 2.90. The lowest BCUT2D eigenvalue weighted by molar-refractivity contribution is -0.140. The Morgan fingerprint density at radius 2 is 1.67 bits per heavy atom. The monoisotopic (exact) mass is 831 g/mol. The lowest BCUT2D eigenvalue weighted by Crippen LogP contribution is -2.53. The number of benzene rings is 5. The molecule has 0 aromatic heterocycles. The summed E-state index contributed by atoms with van der Waals surface area (Å²) in [4.78, 5) is 31.0. The molecule has 60 heavy (non-hydrogen) atoms. The Morgan fingerprint density at radius 3 is 2.45 bits per heavy atom. The topological polar surface area (TPSA) is 96.3 Å². The van der Waals surface area contributed by atoms with Gasteiger partial charge < -0.3 is 24.6 Å². The predicted octanol–water partition coefficient (Wildman–Crippen LogP) is 10.4. The molecule has 4 unspecified atom stereocenters. The highest BCUT2D eigenvalue weighted by Crippen LogP contribution is 2.59. The highest BCUT2D eigenvalue weighted by Gasteiger charge is 2.57. The van der Waals surface area contributed by atoms with E-state index in [2.05, 4.69) is 38.1 Å². The van der Waals surface area contributed by atoms with Crippen molar-refractivity contribution in [1.29, 1.82) is 0 Å². The lowest BCUT2D eigenvalue weighted by atomic mass is 9.64. The number of Topliss-reactive ketones (excluding diaryl/α,β-unsaturated/α-hetero) is 1. The first-order chi connectivity index (χ1) is 28.8. The van der Waals surface area contributed by atoms with Crippen LogP contribution in [0.25, 0.3) is 10.8 Å². The summed E-state index contributed by atoms with van der Waals surface area (Å²) in [6, 6.07) is 29.9. The summed E-state index contributed by atoms with van der Waals surface area (Å²) in [7, 11) is 3.14. The van der Waals surface area contributed by atoms with Crippen LogP contribution in [-0.2, 0) is 30.6 Å². The van der Waals surface area contributed by atoms with Crippen LogP contribution in [0.15, 0.2) is 109 Å². The van der Waals surface area contributed by atoms with E-state index in [-0.39, 0.29) is 54.1 Å². The number of nitrogens with zero attached hydrogens (tertiary/aromatic N) is 1. The number of carbonyl (C=O) groups excluding carboxylic acids is 2. The largest absolute Gasteiger partial charge is 0.493 e. The number of carbonyl (C=O) groups is 2. The minimum absolute atomic E-state index is 0.0659. The van der Waals surface area contributed by atoms with E-state index in [0.29, 0.717) is 62.0 Å². The molecule has 0 heterocycles. The number of ketones is 1. The van der Waals surface area contributed by atoms with Gasteiger partial charge in [0.2, 0.25) is 5.91 Å². The first kappa shape index (κ1) is 43.1. The minimum Gasteiger partial charge on any atom is -0.493 e. The van der Waals surface area contributed by atoms with Crippen LogP contribution in [0.2, 0.25) is 5.02 Å². The van der Waals surface area contributed by atoms with Crippen LogP contribution >= 0.6 is 11.6 Å². The second-order valence-electron chi connectivity index (χ2n) is 17.0. The molecular formula is C51H55ClFNO6. The van der Waals surface area contributed by atoms with Gasteiger partial charge >= 0.3 is 0 Å². The van der Waals surface area contributed by atoms with Gasteiger partial charge in [-0.25, -0.2) is 4.39 Å². The molecule has 5 aromatic rings. The molecule has 0 radical (unpaired) electrons. The number of hydrogen-bond donors (Lipinski definition) is 2. The molecule has 1 fully saturated rings. The van der Waals surface area contributed by atoms with Crippen molar-refractivity contribution in [3.8, 4) is 11.5 Å². The molecule has 8 rings (SSSR count). The second kappa shape index (κ2) is 18.3. The molecule has 0 aliphatic heterocycles. The van der Waals surface area contributed by atoms with E-state index < -0.39 is 22.9 Å². The van der Waals surface area contributed by atoms with Gasteiger partial charge in [0.15, 0.2) is 17.3 Å². The van der Waals surface area contributed by atoms with E-state index in [0.717, 1.165) is 33.0 Å². The van der Waals surface area contributed by atoms with Gasteiger partial charge in [0.1, 0.15) is 5.82 Å². The number of ether oxygens (including phenoxy) is 2. The molecule has 314 valence electrons. The maximum absolute atomic E-state index is 15.1. The summed E-state index contributed by atoms with van der Waals surface area (Å²) < 4.78 is 26.1. The van der Waals surface area contributed by atoms with Crippen molar-refractivity contribution in [3.63, 3.8) is 0 Å². The van der Waals surface area contributed by atoms with Gasteiger partial charge in [-0.05, 0) is 121 Å². The van der Waals surface area contributed by atoms with Gasteiger partial charge in [0.25, 0.3) is 0 Å². The number of allylic oxidation sites excluding steroid dienone is 2. The van der Waals surface area contributed by atoms with Crippen LogP contribution in [0, 0.1) is 11.2 Å². The Hall–Kier alpha value is -5.02. The Bertz CT molecular complexity index is 2390. The number of hydrogen-bond acceptors (Lipinski definition) is 6. The molecule has 2 N–H and O–H groups in total. The summed E-state index contributed by atoms with van der Waals surface area (Å²) in [5, 5.41) is 26.7. The van der Waals surface area contributed by atoms with Crippen molar-refractivity contribution in [2.75, 3.05) is 20.8 Å². The van der Waals surface area contributed by atoms with E-state index in [4.69, 9.17) is 21.1 Å². The van der Waals surface area contributed by atoms with Crippen molar-refractivity contribution in [2.45, 2.75) is 95.8 Å². The van der Waals surface area contributed by atoms with Gasteiger partial charge in [-0.15, -0.1) is 0 Å². The predicted molar refractivity (Wildman–Crippen MR) is 235 cm³/mol. The molecule has 0 saturated heterocycles. The average molecular weight is 832 g/mol. The van der Waals surface area contributed by atoms with Crippen LogP contribution in [-0.4, -0.2) is 59.3 Å². The van der Waals surface area contributed by atoms with E-state index in [1.165, 1.54) is 17.7 Å². The Morgan fingerprint density at radius 1 is 0.900 bits per heavy atom. The molecular weight excluding hydrogens is 777 g/mol. The van der Waals surface area contributed by atoms with Crippen LogP contribution in [0.1, 0.15) is 96.5 Å². The molecule has 7 nitrogen and oxygen atoms in total. The number of fused-ring (bicyclic) bond motifs is 9. The quantitative estimate of drug-likeness (QED) is 0.102. The first-order valence-corrected chi connectivity index (χ1v) is 21.3. The van der Waals surface area contributed by atoms with E-state index in [1.54, 1.807) is 31.3 Å². The number of aliphatic hydroxyl groups excluding tert-OH is 1. The van der Waals surface area contributed by atoms with Gasteiger partial charge in [0.05, 0.1) is 38.9 Å². The zero-order chi connectivity index (χ0) is 42.6. The van der Waals surface area contributed by atoms with Crippen molar-refractivity contribution < 1.29 is 33.7 Å². The third-order valence-electron chi connectivity index (χ3n) is 13.2. The molecule has 3 aliphatic rings. The van der Waals surface area contributed by atoms with E-state index in [1.807, 2.05) is 54.6 Å². The molecule has 4 atom stereocenters. The van der Waals surface area contributed by atoms with Crippen LogP contribution in [0.5, 0.6) is 11.5 Å². The Balaban J connectivity index is 1.30. The van der Waals surface area contributed by atoms with Gasteiger partial charge in [-0.1, -0.05) is 96.9 Å². The van der Waals surface area contributed by atoms with Gasteiger partial charge in [0, 0.05) is 34.5 Å². The zero-order valence-corrected chi connectivity index (χ0v) is 35.7. The summed E-state index contributed by atoms with van der Waals surface area (Å²) in [6.07, 6.45) is 5.27. The Kier molecular flexibility index (Phi) is 13.1. The number of rotatable bonds is 11. The SMILES string of the molecule is COc1ccc(CC(=O)N(Cc2cccc3ccccc23)CC2(O)CCC3c4ccc(cc4C(=O)Cc4c(F)cccc4Cl)CC(O)CCC(C)=CCCC32C)cc1OC. The van der Waals surface area contributed by atoms with E-state index in [9.17, 15) is 19.8 Å². The van der Waals surface area contributed by atoms with Crippen molar-refractivity contribution in [2.24, 2.45) is 5.41 Å². The lowest BCUT2D eigenvalue weighted by Gasteiger charge is -2.46. The number of methoxy groups -OCH3 is 2. The van der Waals surface area contributed by atoms with Crippen molar-refractivity contribution in [3.05, 3.63) is 153 Å². The molecule has 1 saturated carbocycles. The van der Waals surface area contributed by atoms with Crippen LogP contribution in [0.3, 0.4) is 0 Å². The highest BCUT2D eigenvalue weighted by molar-refractivity contribution is 6.31. The smallest absolute Gasteiger partial charge is 0.227 e. The zero-order valence-electron chi connectivity index (χ0n) is 35.0. The first-order valence-electron chi connectivity index (χ1n) is 20.9. The minimum atomic E-state index is -1.36. The van der Waals surface area contributed by atoms with E-state index >= 15 is 4.39 Å². The molecule has 3 aliphatic carbocycles. The van der Waals surface area contributed by atoms with Gasteiger partial charge in [-0.2, -0.15) is 0 Å². The fraction of sp³-hybridized carbons (Fsp3) is 0.373. The Labute approximate surface area is 357 Å². The highest BCUT2D eigenvalue weighted by atomic mass is 35.5. The molecule has 0 spiro atoms. The van der Waals surface area contributed by atoms with Crippen LogP contribution < -0.4 is 9.47 Å². The molecule has 5 aromatic carbocycles.